The highest BCUT2D eigenvalue weighted by Gasteiger charge is 2.11. The molecule has 0 aliphatic carbocycles. The van der Waals surface area contributed by atoms with Gasteiger partial charge in [0.2, 0.25) is 0 Å². The van der Waals surface area contributed by atoms with Gasteiger partial charge in [0.05, 0.1) is 19.0 Å². The second-order valence-electron chi connectivity index (χ2n) is 5.48. The molecule has 2 rings (SSSR count). The first-order valence-corrected chi connectivity index (χ1v) is 8.79. The molecule has 0 spiro atoms. The molecule has 0 fully saturated rings. The molecule has 5 nitrogen and oxygen atoms in total. The lowest BCUT2D eigenvalue weighted by molar-refractivity contribution is 0.286. The smallest absolute Gasteiger partial charge is 0.164 e. The highest BCUT2D eigenvalue weighted by atomic mass is 16.5. The maximum atomic E-state index is 9.92. The lowest BCUT2D eigenvalue weighted by atomic mass is 10.0. The van der Waals surface area contributed by atoms with Gasteiger partial charge in [-0.2, -0.15) is 0 Å². The molecule has 0 bridgehead atoms. The monoisotopic (exact) mass is 331 g/mol. The molecule has 0 aliphatic rings. The first-order chi connectivity index (χ1) is 11.7. The van der Waals surface area contributed by atoms with Crippen molar-refractivity contribution in [1.29, 1.82) is 0 Å². The molecule has 0 saturated heterocycles. The molecule has 24 heavy (non-hydrogen) atoms. The van der Waals surface area contributed by atoms with Crippen molar-refractivity contribution in [2.75, 3.05) is 6.61 Å². The van der Waals surface area contributed by atoms with Crippen LogP contribution >= 0.6 is 0 Å². The first kappa shape index (κ1) is 19.9. The van der Waals surface area contributed by atoms with E-state index in [1.807, 2.05) is 6.07 Å². The van der Waals surface area contributed by atoms with Crippen molar-refractivity contribution in [1.82, 2.24) is 15.4 Å². The van der Waals surface area contributed by atoms with Crippen molar-refractivity contribution >= 4 is 0 Å². The molecular weight excluding hydrogens is 302 g/mol. The summed E-state index contributed by atoms with van der Waals surface area (Å²) in [4.78, 5) is 0. The second-order valence-corrected chi connectivity index (χ2v) is 5.48. The van der Waals surface area contributed by atoms with Crippen molar-refractivity contribution in [2.24, 2.45) is 0 Å². The number of nitrogens with zero attached hydrogens (tertiary/aromatic N) is 3. The minimum Gasteiger partial charge on any atom is -0.504 e. The van der Waals surface area contributed by atoms with Crippen LogP contribution in [0, 0.1) is 0 Å². The summed E-state index contributed by atoms with van der Waals surface area (Å²) in [5.74, 6) is 0.980. The molecule has 0 aliphatic heterocycles. The van der Waals surface area contributed by atoms with Crippen molar-refractivity contribution in [3.05, 3.63) is 41.7 Å². The van der Waals surface area contributed by atoms with Gasteiger partial charge in [0, 0.05) is 5.56 Å². The van der Waals surface area contributed by atoms with Crippen LogP contribution in [-0.4, -0.2) is 27.1 Å². The van der Waals surface area contributed by atoms with E-state index in [0.29, 0.717) is 12.4 Å². The van der Waals surface area contributed by atoms with Crippen LogP contribution in [0.1, 0.15) is 57.6 Å². The third-order valence-corrected chi connectivity index (χ3v) is 3.72. The number of hydrogen-bond acceptors (Lipinski definition) is 5. The van der Waals surface area contributed by atoms with Gasteiger partial charge in [0.1, 0.15) is 0 Å². The second kappa shape index (κ2) is 12.3. The number of hydrogen-bond donors (Lipinski definition) is 1. The van der Waals surface area contributed by atoms with Crippen LogP contribution in [0.2, 0.25) is 0 Å². The molecule has 0 unspecified atom stereocenters. The lowest BCUT2D eigenvalue weighted by Gasteiger charge is -2.15. The van der Waals surface area contributed by atoms with E-state index >= 15 is 0 Å². The molecule has 132 valence electrons. The van der Waals surface area contributed by atoms with E-state index in [4.69, 9.17) is 4.74 Å². The van der Waals surface area contributed by atoms with Crippen molar-refractivity contribution in [3.63, 3.8) is 0 Å². The van der Waals surface area contributed by atoms with Crippen LogP contribution in [0.25, 0.3) is 0 Å². The van der Waals surface area contributed by atoms with E-state index in [0.717, 1.165) is 24.8 Å². The van der Waals surface area contributed by atoms with E-state index in [2.05, 4.69) is 36.2 Å². The third kappa shape index (κ3) is 6.94. The molecule has 5 heteroatoms. The summed E-state index contributed by atoms with van der Waals surface area (Å²) in [6.45, 7) is 7.15. The summed E-state index contributed by atoms with van der Waals surface area (Å²) >= 11 is 0. The Kier molecular flexibility index (Phi) is 10.2. The van der Waals surface area contributed by atoms with Gasteiger partial charge in [-0.3, -0.25) is 0 Å². The first-order valence-electron chi connectivity index (χ1n) is 8.79. The Labute approximate surface area is 145 Å². The number of ether oxygens (including phenoxy) is 1. The Morgan fingerprint density at radius 1 is 0.958 bits per heavy atom. The van der Waals surface area contributed by atoms with Gasteiger partial charge in [-0.15, -0.1) is 10.2 Å². The normalized spacial score (nSPS) is 9.96. The summed E-state index contributed by atoms with van der Waals surface area (Å²) in [5, 5.41) is 20.1. The predicted molar refractivity (Wildman–Crippen MR) is 96.3 cm³/mol. The van der Waals surface area contributed by atoms with E-state index in [-0.39, 0.29) is 5.75 Å². The number of phenolic OH excluding ortho intramolecular Hbond substituents is 1. The molecule has 1 heterocycles. The van der Waals surface area contributed by atoms with Crippen LogP contribution in [0.15, 0.2) is 30.6 Å². The summed E-state index contributed by atoms with van der Waals surface area (Å²) in [7, 11) is 0. The molecule has 0 radical (unpaired) electrons. The molecule has 1 aromatic carbocycles. The van der Waals surface area contributed by atoms with E-state index in [1.54, 1.807) is 24.5 Å². The maximum absolute atomic E-state index is 9.92. The van der Waals surface area contributed by atoms with Gasteiger partial charge in [0.15, 0.2) is 11.5 Å². The predicted octanol–water partition coefficient (Wildman–Crippen LogP) is 4.35. The van der Waals surface area contributed by atoms with Gasteiger partial charge in [-0.25, -0.2) is 0 Å². The SMILES string of the molecule is CCCCCCOc1c(O)ccc(CC)c1CC.c1cnnnc1. The highest BCUT2D eigenvalue weighted by molar-refractivity contribution is 5.50. The minimum atomic E-state index is 0.277. The van der Waals surface area contributed by atoms with Gasteiger partial charge in [-0.05, 0) is 42.2 Å². The molecule has 1 N–H and O–H groups in total. The number of aromatic nitrogens is 3. The van der Waals surface area contributed by atoms with E-state index < -0.39 is 0 Å². The Bertz CT molecular complexity index is 535. The van der Waals surface area contributed by atoms with Crippen LogP contribution in [-0.2, 0) is 12.8 Å². The molecule has 1 aromatic heterocycles. The fourth-order valence-corrected chi connectivity index (χ4v) is 2.44. The van der Waals surface area contributed by atoms with Gasteiger partial charge < -0.3 is 9.84 Å². The van der Waals surface area contributed by atoms with Crippen molar-refractivity contribution in [2.45, 2.75) is 59.3 Å². The molecule has 0 amide bonds. The summed E-state index contributed by atoms with van der Waals surface area (Å²) < 4.78 is 5.80. The number of benzene rings is 1. The lowest BCUT2D eigenvalue weighted by Crippen LogP contribution is -2.02. The molecular formula is C19H29N3O2. The van der Waals surface area contributed by atoms with Crippen molar-refractivity contribution < 1.29 is 9.84 Å². The quantitative estimate of drug-likeness (QED) is 0.728. The Morgan fingerprint density at radius 3 is 2.21 bits per heavy atom. The Morgan fingerprint density at radius 2 is 1.71 bits per heavy atom. The molecule has 0 saturated carbocycles. The number of aromatic hydroxyl groups is 1. The standard InChI is InChI=1S/C16H26O2.C3H3N3/c1-4-7-8-9-12-18-16-14(6-3)13(5-2)10-11-15(16)17;1-2-4-6-5-3-1/h10-11,17H,4-9,12H2,1-3H3;1-3H. The van der Waals surface area contributed by atoms with Crippen molar-refractivity contribution in [3.8, 4) is 11.5 Å². The maximum Gasteiger partial charge on any atom is 0.164 e. The zero-order valence-corrected chi connectivity index (χ0v) is 15.0. The zero-order valence-electron chi connectivity index (χ0n) is 15.0. The summed E-state index contributed by atoms with van der Waals surface area (Å²) in [6.07, 6.45) is 9.79. The number of rotatable bonds is 8. The topological polar surface area (TPSA) is 68.1 Å². The van der Waals surface area contributed by atoms with Crippen LogP contribution < -0.4 is 4.74 Å². The third-order valence-electron chi connectivity index (χ3n) is 3.72. The Balaban J connectivity index is 0.000000400. The highest BCUT2D eigenvalue weighted by Crippen LogP contribution is 2.33. The average Bonchev–Trinajstić information content (AvgIpc) is 2.64. The Hall–Kier alpha value is -2.17. The van der Waals surface area contributed by atoms with Gasteiger partial charge in [0.25, 0.3) is 0 Å². The largest absolute Gasteiger partial charge is 0.504 e. The van der Waals surface area contributed by atoms with Gasteiger partial charge >= 0.3 is 0 Å². The van der Waals surface area contributed by atoms with Crippen LogP contribution in [0.4, 0.5) is 0 Å². The number of unbranched alkanes of at least 4 members (excludes halogenated alkanes) is 3. The van der Waals surface area contributed by atoms with Gasteiger partial charge in [-0.1, -0.05) is 46.1 Å². The van der Waals surface area contributed by atoms with E-state index in [1.165, 1.54) is 24.8 Å². The molecule has 2 aromatic rings. The average molecular weight is 331 g/mol. The van der Waals surface area contributed by atoms with Crippen LogP contribution in [0.3, 0.4) is 0 Å². The fourth-order valence-electron chi connectivity index (χ4n) is 2.44. The fraction of sp³-hybridized carbons (Fsp3) is 0.526. The summed E-state index contributed by atoms with van der Waals surface area (Å²) in [6, 6.07) is 5.46. The zero-order chi connectivity index (χ0) is 17.6. The number of aryl methyl sites for hydroxylation is 1. The van der Waals surface area contributed by atoms with Crippen LogP contribution in [0.5, 0.6) is 11.5 Å². The molecule has 0 atom stereocenters. The van der Waals surface area contributed by atoms with E-state index in [9.17, 15) is 5.11 Å². The number of phenols is 1. The minimum absolute atomic E-state index is 0.277. The summed E-state index contributed by atoms with van der Waals surface area (Å²) in [5.41, 5.74) is 2.44.